The Bertz CT molecular complexity index is 425. The largest absolute Gasteiger partial charge is 0.384 e. The minimum Gasteiger partial charge on any atom is -0.384 e. The third-order valence-corrected chi connectivity index (χ3v) is 4.40. The van der Waals surface area contributed by atoms with Crippen molar-refractivity contribution in [1.29, 1.82) is 0 Å². The molecule has 2 N–H and O–H groups in total. The van der Waals surface area contributed by atoms with Gasteiger partial charge in [-0.15, -0.1) is 0 Å². The summed E-state index contributed by atoms with van der Waals surface area (Å²) in [6.07, 6.45) is 2.46. The second-order valence-corrected chi connectivity index (χ2v) is 6.17. The number of benzene rings is 1. The molecule has 1 unspecified atom stereocenters. The van der Waals surface area contributed by atoms with Crippen molar-refractivity contribution < 1.29 is 4.74 Å². The zero-order chi connectivity index (χ0) is 14.5. The van der Waals surface area contributed by atoms with Crippen LogP contribution in [0.3, 0.4) is 0 Å². The Morgan fingerprint density at radius 3 is 2.65 bits per heavy atom. The summed E-state index contributed by atoms with van der Waals surface area (Å²) < 4.78 is 5.25. The van der Waals surface area contributed by atoms with Gasteiger partial charge in [0, 0.05) is 26.3 Å². The van der Waals surface area contributed by atoms with Gasteiger partial charge in [-0.1, -0.05) is 23.8 Å². The molecule has 0 radical (unpaired) electrons. The van der Waals surface area contributed by atoms with Crippen molar-refractivity contribution in [3.8, 4) is 0 Å². The van der Waals surface area contributed by atoms with Crippen LogP contribution in [0.4, 0.5) is 0 Å². The molecule has 1 saturated heterocycles. The van der Waals surface area contributed by atoms with E-state index in [9.17, 15) is 0 Å². The van der Waals surface area contributed by atoms with E-state index >= 15 is 0 Å². The summed E-state index contributed by atoms with van der Waals surface area (Å²) in [7, 11) is 1.79. The Kier molecular flexibility index (Phi) is 5.58. The summed E-state index contributed by atoms with van der Waals surface area (Å²) in [4.78, 5) is 2.50. The lowest BCUT2D eigenvalue weighted by atomic mass is 9.95. The van der Waals surface area contributed by atoms with Crippen LogP contribution in [0.5, 0.6) is 0 Å². The van der Waals surface area contributed by atoms with E-state index in [-0.39, 0.29) is 6.04 Å². The van der Waals surface area contributed by atoms with E-state index in [1.807, 2.05) is 0 Å². The van der Waals surface area contributed by atoms with Gasteiger partial charge in [-0.2, -0.15) is 0 Å². The molecule has 0 spiro atoms. The molecule has 112 valence electrons. The summed E-state index contributed by atoms with van der Waals surface area (Å²) in [5, 5.41) is 0. The van der Waals surface area contributed by atoms with Crippen LogP contribution in [0.15, 0.2) is 18.2 Å². The number of hydrogen-bond acceptors (Lipinski definition) is 3. The first-order valence-electron chi connectivity index (χ1n) is 7.64. The lowest BCUT2D eigenvalue weighted by molar-refractivity contribution is 0.0971. The van der Waals surface area contributed by atoms with Crippen LogP contribution in [0, 0.1) is 19.8 Å². The number of methoxy groups -OCH3 is 1. The van der Waals surface area contributed by atoms with Gasteiger partial charge in [-0.05, 0) is 56.8 Å². The molecule has 1 aliphatic rings. The Hall–Kier alpha value is -0.900. The molecule has 0 aromatic heterocycles. The third-order valence-electron chi connectivity index (χ3n) is 4.40. The van der Waals surface area contributed by atoms with Crippen LogP contribution >= 0.6 is 0 Å². The Balaban J connectivity index is 1.89. The molecule has 0 bridgehead atoms. The Labute approximate surface area is 123 Å². The predicted octanol–water partition coefficient (Wildman–Crippen LogP) is 2.66. The fraction of sp³-hybridized carbons (Fsp3) is 0.647. The number of aryl methyl sites for hydroxylation is 2. The van der Waals surface area contributed by atoms with E-state index in [2.05, 4.69) is 36.9 Å². The Morgan fingerprint density at radius 2 is 2.00 bits per heavy atom. The van der Waals surface area contributed by atoms with Gasteiger partial charge in [-0.3, -0.25) is 0 Å². The van der Waals surface area contributed by atoms with Crippen molar-refractivity contribution in [3.05, 3.63) is 34.9 Å². The lowest BCUT2D eigenvalue weighted by Gasteiger charge is -2.33. The molecule has 2 rings (SSSR count). The van der Waals surface area contributed by atoms with Crippen LogP contribution in [0.1, 0.15) is 35.6 Å². The van der Waals surface area contributed by atoms with Gasteiger partial charge < -0.3 is 15.4 Å². The first-order chi connectivity index (χ1) is 9.60. The van der Waals surface area contributed by atoms with Gasteiger partial charge in [0.05, 0.1) is 0 Å². The number of piperidine rings is 1. The average Bonchev–Trinajstić information content (AvgIpc) is 2.44. The van der Waals surface area contributed by atoms with E-state index in [1.165, 1.54) is 29.5 Å². The number of rotatable bonds is 5. The number of ether oxygens (including phenoxy) is 1. The topological polar surface area (TPSA) is 38.5 Å². The smallest absolute Gasteiger partial charge is 0.0491 e. The van der Waals surface area contributed by atoms with Crippen LogP contribution in [-0.2, 0) is 4.74 Å². The van der Waals surface area contributed by atoms with Gasteiger partial charge >= 0.3 is 0 Å². The van der Waals surface area contributed by atoms with Gasteiger partial charge in [0.15, 0.2) is 0 Å². The highest BCUT2D eigenvalue weighted by molar-refractivity contribution is 5.33. The van der Waals surface area contributed by atoms with Crippen LogP contribution in [0.25, 0.3) is 0 Å². The molecule has 0 aliphatic carbocycles. The highest BCUT2D eigenvalue weighted by Crippen LogP contribution is 2.22. The fourth-order valence-corrected chi connectivity index (χ4v) is 3.11. The molecule has 1 atom stereocenters. The van der Waals surface area contributed by atoms with Crippen molar-refractivity contribution >= 4 is 0 Å². The molecule has 3 heteroatoms. The summed E-state index contributed by atoms with van der Waals surface area (Å²) in [5.41, 5.74) is 10.3. The maximum Gasteiger partial charge on any atom is 0.0491 e. The highest BCUT2D eigenvalue weighted by atomic mass is 16.5. The summed E-state index contributed by atoms with van der Waals surface area (Å²) in [6, 6.07) is 6.68. The van der Waals surface area contributed by atoms with Gasteiger partial charge in [0.2, 0.25) is 0 Å². The summed E-state index contributed by atoms with van der Waals surface area (Å²) in [6.45, 7) is 8.44. The molecule has 1 aromatic carbocycles. The predicted molar refractivity (Wildman–Crippen MR) is 83.9 cm³/mol. The van der Waals surface area contributed by atoms with Crippen LogP contribution < -0.4 is 5.73 Å². The zero-order valence-corrected chi connectivity index (χ0v) is 13.1. The van der Waals surface area contributed by atoms with Crippen molar-refractivity contribution in [3.63, 3.8) is 0 Å². The highest BCUT2D eigenvalue weighted by Gasteiger charge is 2.21. The molecule has 3 nitrogen and oxygen atoms in total. The summed E-state index contributed by atoms with van der Waals surface area (Å²) in [5.74, 6) is 0.730. The zero-order valence-electron chi connectivity index (χ0n) is 13.1. The molecule has 0 saturated carbocycles. The van der Waals surface area contributed by atoms with Gasteiger partial charge in [0.1, 0.15) is 0 Å². The van der Waals surface area contributed by atoms with Crippen molar-refractivity contribution in [2.24, 2.45) is 11.7 Å². The van der Waals surface area contributed by atoms with E-state index < -0.39 is 0 Å². The Morgan fingerprint density at radius 1 is 1.30 bits per heavy atom. The quantitative estimate of drug-likeness (QED) is 0.898. The fourth-order valence-electron chi connectivity index (χ4n) is 3.11. The molecule has 1 aromatic rings. The van der Waals surface area contributed by atoms with E-state index in [4.69, 9.17) is 10.5 Å². The third kappa shape index (κ3) is 4.05. The molecular weight excluding hydrogens is 248 g/mol. The van der Waals surface area contributed by atoms with E-state index in [0.29, 0.717) is 0 Å². The molecule has 20 heavy (non-hydrogen) atoms. The molecular formula is C17H28N2O. The van der Waals surface area contributed by atoms with E-state index in [1.54, 1.807) is 7.11 Å². The second-order valence-electron chi connectivity index (χ2n) is 6.17. The lowest BCUT2D eigenvalue weighted by Crippen LogP contribution is -2.39. The standard InChI is InChI=1S/C17H28N2O/c1-13-4-5-14(2)16(10-13)17(18)11-19-8-6-15(7-9-19)12-20-3/h4-5,10,15,17H,6-9,11-12,18H2,1-3H3. The average molecular weight is 276 g/mol. The molecule has 1 heterocycles. The monoisotopic (exact) mass is 276 g/mol. The van der Waals surface area contributed by atoms with Crippen molar-refractivity contribution in [2.75, 3.05) is 33.4 Å². The molecule has 1 fully saturated rings. The van der Waals surface area contributed by atoms with Gasteiger partial charge in [0.25, 0.3) is 0 Å². The van der Waals surface area contributed by atoms with Crippen LogP contribution in [0.2, 0.25) is 0 Å². The molecule has 1 aliphatic heterocycles. The minimum absolute atomic E-state index is 0.119. The molecule has 0 amide bonds. The number of nitrogens with two attached hydrogens (primary N) is 1. The SMILES string of the molecule is COCC1CCN(CC(N)c2cc(C)ccc2C)CC1. The number of likely N-dealkylation sites (tertiary alicyclic amines) is 1. The maximum absolute atomic E-state index is 6.42. The maximum atomic E-state index is 6.42. The number of nitrogens with zero attached hydrogens (tertiary/aromatic N) is 1. The van der Waals surface area contributed by atoms with E-state index in [0.717, 1.165) is 32.2 Å². The first-order valence-corrected chi connectivity index (χ1v) is 7.64. The second kappa shape index (κ2) is 7.21. The minimum atomic E-state index is 0.119. The first kappa shape index (κ1) is 15.5. The van der Waals surface area contributed by atoms with Crippen molar-refractivity contribution in [1.82, 2.24) is 4.90 Å². The normalized spacial score (nSPS) is 19.2. The van der Waals surface area contributed by atoms with Crippen LogP contribution in [-0.4, -0.2) is 38.3 Å². The summed E-state index contributed by atoms with van der Waals surface area (Å²) >= 11 is 0. The number of hydrogen-bond donors (Lipinski definition) is 1. The van der Waals surface area contributed by atoms with Crippen molar-refractivity contribution in [2.45, 2.75) is 32.7 Å². The van der Waals surface area contributed by atoms with Gasteiger partial charge in [-0.25, -0.2) is 0 Å².